The topological polar surface area (TPSA) is 184 Å². The molecule has 0 aliphatic carbocycles. The summed E-state index contributed by atoms with van der Waals surface area (Å²) >= 11 is 0. The molecule has 14 nitrogen and oxygen atoms in total. The molecule has 0 amide bonds. The van der Waals surface area contributed by atoms with E-state index in [1.807, 2.05) is 63.2 Å². The number of oxime groups is 1. The first-order valence-electron chi connectivity index (χ1n) is 15.2. The van der Waals surface area contributed by atoms with Crippen LogP contribution in [0.15, 0.2) is 51.4 Å². The Labute approximate surface area is 302 Å². The standard InChI is InChI=1S/C21H20N6O4.3C2H6.CH5NOP.CH3NO.CH4.U/c1-13-9-19(31-18(13)12-28)26-10-14(20(29)23-21(26)30)3-4-16-11-27(25-24-16)17-7-5-15(22-2)6-8-17;3*1-2;3-2-1-4;1-2-3;;/h3-8,10-11,13,18-19,28H,9,12H2,1H3,(H,23,29,30);3*1-2H3;1-3H,4H2;3H,1H2;1H4;/q;;;;-1;;;/b4-3+;;;;;;;/t13-,18-,19-;;;;;;;/m1......./s1/i;;;;1T,3D;;;/hD. The van der Waals surface area contributed by atoms with E-state index < -0.39 is 17.5 Å². The molecule has 0 spiro atoms. The molecule has 0 bridgehead atoms. The molecule has 1 aromatic carbocycles. The molecule has 0 saturated carbocycles. The van der Waals surface area contributed by atoms with E-state index in [0.29, 0.717) is 17.8 Å². The molecule has 0 radical (unpaired) electrons. The maximum absolute atomic E-state index is 12.3. The molecule has 16 heteroatoms. The van der Waals surface area contributed by atoms with Crippen molar-refractivity contribution in [2.24, 2.45) is 11.1 Å². The minimum atomic E-state index is -0.563. The third kappa shape index (κ3) is 17.1. The van der Waals surface area contributed by atoms with Crippen LogP contribution in [0.1, 0.15) is 81.2 Å². The fourth-order valence-electron chi connectivity index (χ4n) is 3.43. The van der Waals surface area contributed by atoms with E-state index >= 15 is 0 Å². The molecule has 4 rings (SSSR count). The molecular weight excluding hydrogens is 837 g/mol. The summed E-state index contributed by atoms with van der Waals surface area (Å²) in [6, 6.07) is 6.90. The normalized spacial score (nSPS) is 16.3. The van der Waals surface area contributed by atoms with Gasteiger partial charge in [-0.1, -0.05) is 73.2 Å². The number of aromatic amines is 1. The van der Waals surface area contributed by atoms with Gasteiger partial charge in [-0.15, -0.1) is 10.3 Å². The third-order valence-corrected chi connectivity index (χ3v) is 5.39. The number of hydrogen-bond donors (Lipinski definition) is 5. The maximum atomic E-state index is 12.3. The maximum Gasteiger partial charge on any atom is 0.330 e. The van der Waals surface area contributed by atoms with Crippen molar-refractivity contribution in [3.05, 3.63) is 86.4 Å². The zero-order valence-corrected chi connectivity index (χ0v) is 32.0. The Kier molecular flexibility index (Phi) is 28.7. The first kappa shape index (κ1) is 43.1. The number of aliphatic hydroxyl groups is 1. The fourth-order valence-corrected chi connectivity index (χ4v) is 3.43. The van der Waals surface area contributed by atoms with Crippen molar-refractivity contribution in [1.29, 1.82) is 0 Å². The first-order chi connectivity index (χ1) is 22.7. The van der Waals surface area contributed by atoms with Gasteiger partial charge in [0.15, 0.2) is 5.69 Å². The van der Waals surface area contributed by atoms with Gasteiger partial charge in [0.05, 0.1) is 36.7 Å². The summed E-state index contributed by atoms with van der Waals surface area (Å²) in [6.45, 7) is 23.6. The zero-order valence-electron chi connectivity index (χ0n) is 29.7. The third-order valence-electron chi connectivity index (χ3n) is 5.27. The number of benzene rings is 1. The largest absolute Gasteiger partial charge is 0.411 e. The van der Waals surface area contributed by atoms with E-state index in [-0.39, 0.29) is 69.0 Å². The molecule has 1 aliphatic rings. The van der Waals surface area contributed by atoms with Crippen LogP contribution in [-0.4, -0.2) is 59.5 Å². The van der Waals surface area contributed by atoms with Crippen LogP contribution in [0.4, 0.5) is 5.69 Å². The van der Waals surface area contributed by atoms with E-state index in [9.17, 15) is 14.7 Å². The number of nitrogens with one attached hydrogen (secondary N) is 2. The van der Waals surface area contributed by atoms with E-state index in [1.54, 1.807) is 47.3 Å². The monoisotopic (exact) mass is 891 g/mol. The summed E-state index contributed by atoms with van der Waals surface area (Å²) in [4.78, 5) is 30.1. The molecular formula is C30H50N8O6PU-. The molecule has 4 atom stereocenters. The van der Waals surface area contributed by atoms with Crippen molar-refractivity contribution in [2.45, 2.75) is 74.6 Å². The Bertz CT molecular complexity index is 1450. The van der Waals surface area contributed by atoms with E-state index in [0.717, 1.165) is 5.69 Å². The molecule has 2 aromatic heterocycles. The van der Waals surface area contributed by atoms with Crippen LogP contribution in [0.25, 0.3) is 22.7 Å². The van der Waals surface area contributed by atoms with Gasteiger partial charge >= 0.3 is 7.12 Å². The van der Waals surface area contributed by atoms with Crippen molar-refractivity contribution >= 4 is 33.8 Å². The Morgan fingerprint density at radius 1 is 1.28 bits per heavy atom. The predicted octanol–water partition coefficient (Wildman–Crippen LogP) is 5.50. The SMILES string of the molecule is C.CC.CC.CC.[2H]ON=C.[2H]ON[C-]([3H])P.[C-]#[N+]c1ccc(-n2cc(/C=C/c3cn([C@H]4C[C@@H](C)[C@@H](CO)O4)c(=O)[nH]c3=O)nn2)cc1.[U]. The van der Waals surface area contributed by atoms with Gasteiger partial charge in [0.2, 0.25) is 1.43 Å². The Morgan fingerprint density at radius 3 is 2.35 bits per heavy atom. The van der Waals surface area contributed by atoms with Crippen molar-refractivity contribution in [3.63, 3.8) is 0 Å². The number of H-pyrrole nitrogens is 1. The summed E-state index contributed by atoms with van der Waals surface area (Å²) in [5.41, 5.74) is 2.89. The Morgan fingerprint density at radius 2 is 1.89 bits per heavy atom. The smallest absolute Gasteiger partial charge is 0.330 e. The van der Waals surface area contributed by atoms with Crippen molar-refractivity contribution < 1.29 is 55.6 Å². The molecule has 5 N–H and O–H groups in total. The number of aliphatic hydroxyl groups excluding tert-OH is 1. The van der Waals surface area contributed by atoms with Crippen LogP contribution in [0.5, 0.6) is 0 Å². The van der Waals surface area contributed by atoms with E-state index in [4.69, 9.17) is 15.5 Å². The van der Waals surface area contributed by atoms with Gasteiger partial charge in [-0.25, -0.2) is 20.6 Å². The second kappa shape index (κ2) is 30.7. The van der Waals surface area contributed by atoms with Crippen LogP contribution in [-0.2, 0) is 4.74 Å². The van der Waals surface area contributed by atoms with Crippen LogP contribution < -0.4 is 16.7 Å². The van der Waals surface area contributed by atoms with Crippen molar-refractivity contribution in [3.8, 4) is 5.69 Å². The molecule has 256 valence electrons. The van der Waals surface area contributed by atoms with Crippen LogP contribution in [0.3, 0.4) is 0 Å². The second-order valence-electron chi connectivity index (χ2n) is 7.70. The average Bonchev–Trinajstić information content (AvgIpc) is 3.74. The number of ether oxygens (including phenoxy) is 1. The van der Waals surface area contributed by atoms with Gasteiger partial charge in [-0.05, 0) is 36.6 Å². The summed E-state index contributed by atoms with van der Waals surface area (Å²) in [5.74, 6) is 0.0895. The van der Waals surface area contributed by atoms with Crippen molar-refractivity contribution in [2.75, 3.05) is 6.61 Å². The quantitative estimate of drug-likeness (QED) is 0.0641. The number of rotatable bonds is 8. The van der Waals surface area contributed by atoms with E-state index in [1.165, 1.54) is 10.8 Å². The molecule has 3 aromatic rings. The Hall–Kier alpha value is -2.94. The van der Waals surface area contributed by atoms with Crippen molar-refractivity contribution in [1.82, 2.24) is 30.0 Å². The Balaban J connectivity index is -0.000000481. The summed E-state index contributed by atoms with van der Waals surface area (Å²) in [6.07, 6.45) is 6.00. The summed E-state index contributed by atoms with van der Waals surface area (Å²) in [5, 5.41) is 27.0. The molecule has 1 saturated heterocycles. The van der Waals surface area contributed by atoms with E-state index in [2.05, 4.69) is 42.4 Å². The van der Waals surface area contributed by atoms with Gasteiger partial charge in [0.25, 0.3) is 5.56 Å². The van der Waals surface area contributed by atoms with Gasteiger partial charge < -0.3 is 25.7 Å². The van der Waals surface area contributed by atoms with Crippen LogP contribution in [0.2, 0.25) is 2.86 Å². The number of hydrogen-bond acceptors (Lipinski definition) is 10. The van der Waals surface area contributed by atoms with Crippen LogP contribution in [0, 0.1) is 49.9 Å². The molecule has 1 aliphatic heterocycles. The molecule has 46 heavy (non-hydrogen) atoms. The number of hydroxylamine groups is 1. The summed E-state index contributed by atoms with van der Waals surface area (Å²) in [7, 11) is 2.01. The zero-order chi connectivity index (χ0) is 36.4. The summed E-state index contributed by atoms with van der Waals surface area (Å²) < 4.78 is 26.8. The number of aromatic nitrogens is 5. The second-order valence-corrected chi connectivity index (χ2v) is 7.99. The minimum Gasteiger partial charge on any atom is -0.411 e. The van der Waals surface area contributed by atoms with Gasteiger partial charge in [0, 0.05) is 44.0 Å². The van der Waals surface area contributed by atoms with Gasteiger partial charge in [0.1, 0.15) is 11.9 Å². The predicted molar refractivity (Wildman–Crippen MR) is 184 cm³/mol. The minimum absolute atomic E-state index is 0. The van der Waals surface area contributed by atoms with Crippen LogP contribution >= 0.6 is 9.24 Å². The fraction of sp³-hybridized carbons (Fsp3) is 0.433. The molecule has 1 fully saturated rings. The molecule has 3 heterocycles. The van der Waals surface area contributed by atoms with Gasteiger partial charge in [-0.2, -0.15) is 1.37 Å². The molecule has 1 unspecified atom stereocenters. The first-order valence-corrected chi connectivity index (χ1v) is 14.5. The average molecular weight is 892 g/mol. The van der Waals surface area contributed by atoms with Gasteiger partial charge in [-0.3, -0.25) is 23.6 Å². The number of nitrogens with zero attached hydrogens (tertiary/aromatic N) is 6.